The largest absolute Gasteiger partial charge is 0.385 e. The summed E-state index contributed by atoms with van der Waals surface area (Å²) in [6.07, 6.45) is 4.37. The summed E-state index contributed by atoms with van der Waals surface area (Å²) in [5.74, 6) is -0.338. The molecule has 1 atom stereocenters. The molecule has 1 aromatic heterocycles. The molecule has 0 bridgehead atoms. The second-order valence-electron chi connectivity index (χ2n) is 5.72. The molecule has 0 fully saturated rings. The summed E-state index contributed by atoms with van der Waals surface area (Å²) < 4.78 is 15.3. The first-order valence-corrected chi connectivity index (χ1v) is 7.48. The maximum absolute atomic E-state index is 13.3. The van der Waals surface area contributed by atoms with E-state index in [0.29, 0.717) is 18.0 Å². The van der Waals surface area contributed by atoms with Gasteiger partial charge in [0.15, 0.2) is 0 Å². The zero-order chi connectivity index (χ0) is 15.5. The Bertz CT molecular complexity index is 588. The van der Waals surface area contributed by atoms with Gasteiger partial charge in [-0.15, -0.1) is 0 Å². The Hall–Kier alpha value is -1.68. The van der Waals surface area contributed by atoms with E-state index in [0.717, 1.165) is 18.5 Å². The van der Waals surface area contributed by atoms with Crippen LogP contribution in [-0.4, -0.2) is 14.9 Å². The van der Waals surface area contributed by atoms with Crippen molar-refractivity contribution in [3.63, 3.8) is 0 Å². The Morgan fingerprint density at radius 1 is 1.29 bits per heavy atom. The molecular weight excluding hydrogens is 267 g/mol. The quantitative estimate of drug-likeness (QED) is 0.878. The van der Waals surface area contributed by atoms with E-state index in [-0.39, 0.29) is 5.82 Å². The Balaban J connectivity index is 2.17. The van der Waals surface area contributed by atoms with Crippen molar-refractivity contribution in [3.05, 3.63) is 53.6 Å². The van der Waals surface area contributed by atoms with Gasteiger partial charge < -0.3 is 5.11 Å². The number of aliphatic hydroxyl groups is 1. The van der Waals surface area contributed by atoms with Gasteiger partial charge in [-0.2, -0.15) is 5.10 Å². The molecule has 3 nitrogen and oxygen atoms in total. The third kappa shape index (κ3) is 3.70. The molecule has 1 heterocycles. The predicted octanol–water partition coefficient (Wildman–Crippen LogP) is 3.83. The van der Waals surface area contributed by atoms with Crippen LogP contribution in [0.15, 0.2) is 36.5 Å². The third-order valence-electron chi connectivity index (χ3n) is 3.95. The van der Waals surface area contributed by atoms with E-state index in [1.165, 1.54) is 12.1 Å². The highest BCUT2D eigenvalue weighted by Gasteiger charge is 2.25. The minimum Gasteiger partial charge on any atom is -0.385 e. The van der Waals surface area contributed by atoms with E-state index in [2.05, 4.69) is 18.9 Å². The Morgan fingerprint density at radius 2 is 2.00 bits per heavy atom. The molecule has 4 heteroatoms. The molecule has 0 radical (unpaired) electrons. The SMILES string of the molecule is CCC(CC)n1ccc(CC(C)(O)c2cccc(F)c2)n1. The van der Waals surface area contributed by atoms with Crippen molar-refractivity contribution in [1.82, 2.24) is 9.78 Å². The van der Waals surface area contributed by atoms with Crippen LogP contribution >= 0.6 is 0 Å². The zero-order valence-electron chi connectivity index (χ0n) is 12.9. The lowest BCUT2D eigenvalue weighted by Gasteiger charge is -2.23. The van der Waals surface area contributed by atoms with Crippen LogP contribution in [-0.2, 0) is 12.0 Å². The zero-order valence-corrected chi connectivity index (χ0v) is 12.9. The van der Waals surface area contributed by atoms with E-state index in [9.17, 15) is 9.50 Å². The maximum atomic E-state index is 13.3. The summed E-state index contributed by atoms with van der Waals surface area (Å²) in [7, 11) is 0. The Kier molecular flexibility index (Phi) is 4.78. The van der Waals surface area contributed by atoms with E-state index in [1.807, 2.05) is 16.9 Å². The summed E-state index contributed by atoms with van der Waals surface area (Å²) in [6.45, 7) is 5.97. The van der Waals surface area contributed by atoms with Gasteiger partial charge in [0.2, 0.25) is 0 Å². The lowest BCUT2D eigenvalue weighted by molar-refractivity contribution is 0.0560. The van der Waals surface area contributed by atoms with Gasteiger partial charge in [-0.25, -0.2) is 4.39 Å². The number of benzene rings is 1. The lowest BCUT2D eigenvalue weighted by atomic mass is 9.91. The first kappa shape index (κ1) is 15.7. The van der Waals surface area contributed by atoms with Gasteiger partial charge in [0.1, 0.15) is 5.82 Å². The van der Waals surface area contributed by atoms with E-state index in [4.69, 9.17) is 0 Å². The van der Waals surface area contributed by atoms with Crippen molar-refractivity contribution in [2.75, 3.05) is 0 Å². The molecule has 1 unspecified atom stereocenters. The number of nitrogens with zero attached hydrogens (tertiary/aromatic N) is 2. The standard InChI is InChI=1S/C17H23FN2O/c1-4-16(5-2)20-10-9-15(19-20)12-17(3,21)13-7-6-8-14(18)11-13/h6-11,16,21H,4-5,12H2,1-3H3. The predicted molar refractivity (Wildman–Crippen MR) is 81.5 cm³/mol. The molecule has 21 heavy (non-hydrogen) atoms. The number of hydrogen-bond acceptors (Lipinski definition) is 2. The molecule has 114 valence electrons. The number of rotatable bonds is 6. The number of aromatic nitrogens is 2. The molecule has 1 N–H and O–H groups in total. The minimum absolute atomic E-state index is 0.338. The Morgan fingerprint density at radius 3 is 2.62 bits per heavy atom. The molecule has 0 aliphatic carbocycles. The molecule has 0 amide bonds. The molecule has 0 spiro atoms. The molecule has 0 saturated carbocycles. The fraction of sp³-hybridized carbons (Fsp3) is 0.471. The van der Waals surface area contributed by atoms with E-state index in [1.54, 1.807) is 19.1 Å². The Labute approximate surface area is 125 Å². The van der Waals surface area contributed by atoms with E-state index >= 15 is 0 Å². The lowest BCUT2D eigenvalue weighted by Crippen LogP contribution is -2.25. The summed E-state index contributed by atoms with van der Waals surface area (Å²) in [5.41, 5.74) is 0.255. The summed E-state index contributed by atoms with van der Waals surface area (Å²) in [5, 5.41) is 15.2. The number of hydrogen-bond donors (Lipinski definition) is 1. The second-order valence-corrected chi connectivity index (χ2v) is 5.72. The van der Waals surface area contributed by atoms with E-state index < -0.39 is 5.60 Å². The van der Waals surface area contributed by atoms with Crippen molar-refractivity contribution in [1.29, 1.82) is 0 Å². The summed E-state index contributed by atoms with van der Waals surface area (Å²) in [4.78, 5) is 0. The minimum atomic E-state index is -1.13. The van der Waals surface area contributed by atoms with Crippen LogP contribution in [0.2, 0.25) is 0 Å². The van der Waals surface area contributed by atoms with Gasteiger partial charge in [0, 0.05) is 12.6 Å². The van der Waals surface area contributed by atoms with Gasteiger partial charge in [-0.3, -0.25) is 4.68 Å². The van der Waals surface area contributed by atoms with Crippen LogP contribution in [0, 0.1) is 5.82 Å². The summed E-state index contributed by atoms with van der Waals surface area (Å²) >= 11 is 0. The van der Waals surface area contributed by atoms with Gasteiger partial charge in [-0.1, -0.05) is 26.0 Å². The van der Waals surface area contributed by atoms with Gasteiger partial charge in [-0.05, 0) is 43.5 Å². The topological polar surface area (TPSA) is 38.0 Å². The summed E-state index contributed by atoms with van der Waals surface area (Å²) in [6, 6.07) is 8.41. The average molecular weight is 290 g/mol. The van der Waals surface area contributed by atoms with Crippen molar-refractivity contribution >= 4 is 0 Å². The molecule has 0 aliphatic heterocycles. The van der Waals surface area contributed by atoms with Gasteiger partial charge in [0.25, 0.3) is 0 Å². The molecule has 2 rings (SSSR count). The maximum Gasteiger partial charge on any atom is 0.123 e. The molecule has 0 saturated heterocycles. The van der Waals surface area contributed by atoms with Crippen LogP contribution in [0.1, 0.15) is 50.9 Å². The van der Waals surface area contributed by atoms with Crippen molar-refractivity contribution < 1.29 is 9.50 Å². The fourth-order valence-electron chi connectivity index (χ4n) is 2.62. The monoisotopic (exact) mass is 290 g/mol. The highest BCUT2D eigenvalue weighted by Crippen LogP contribution is 2.26. The molecule has 1 aromatic carbocycles. The number of halogens is 1. The van der Waals surface area contributed by atoms with Crippen LogP contribution in [0.3, 0.4) is 0 Å². The van der Waals surface area contributed by atoms with Crippen molar-refractivity contribution in [3.8, 4) is 0 Å². The normalized spacial score (nSPS) is 14.4. The smallest absolute Gasteiger partial charge is 0.123 e. The third-order valence-corrected chi connectivity index (χ3v) is 3.95. The fourth-order valence-corrected chi connectivity index (χ4v) is 2.62. The van der Waals surface area contributed by atoms with Gasteiger partial charge >= 0.3 is 0 Å². The van der Waals surface area contributed by atoms with Crippen LogP contribution < -0.4 is 0 Å². The second kappa shape index (κ2) is 6.39. The van der Waals surface area contributed by atoms with Crippen molar-refractivity contribution in [2.45, 2.75) is 51.7 Å². The molecule has 2 aromatic rings. The van der Waals surface area contributed by atoms with Crippen LogP contribution in [0.25, 0.3) is 0 Å². The van der Waals surface area contributed by atoms with Crippen molar-refractivity contribution in [2.24, 2.45) is 0 Å². The highest BCUT2D eigenvalue weighted by atomic mass is 19.1. The highest BCUT2D eigenvalue weighted by molar-refractivity contribution is 5.24. The first-order chi connectivity index (χ1) is 9.96. The molecular formula is C17H23FN2O. The first-order valence-electron chi connectivity index (χ1n) is 7.48. The average Bonchev–Trinajstić information content (AvgIpc) is 2.88. The van der Waals surface area contributed by atoms with Gasteiger partial charge in [0.05, 0.1) is 17.3 Å². The van der Waals surface area contributed by atoms with Crippen LogP contribution in [0.5, 0.6) is 0 Å². The van der Waals surface area contributed by atoms with Crippen LogP contribution in [0.4, 0.5) is 4.39 Å². The molecule has 0 aliphatic rings.